The molecular weight excluding hydrogens is 395 g/mol. The van der Waals surface area contributed by atoms with Gasteiger partial charge in [0.15, 0.2) is 5.15 Å². The second-order valence-corrected chi connectivity index (χ2v) is 5.99. The molecule has 0 saturated carbocycles. The number of rotatable bonds is 2. The number of benzene rings is 1. The first-order valence-electron chi connectivity index (χ1n) is 5.36. The molecule has 0 fully saturated rings. The molecule has 1 aromatic heterocycles. The van der Waals surface area contributed by atoms with Gasteiger partial charge in [0.25, 0.3) is 5.91 Å². The normalized spacial score (nSPS) is 10.3. The minimum absolute atomic E-state index is 0.222. The van der Waals surface area contributed by atoms with Crippen LogP contribution in [0, 0.1) is 6.92 Å². The molecule has 1 aromatic carbocycles. The molecule has 0 radical (unpaired) electrons. The van der Waals surface area contributed by atoms with E-state index in [2.05, 4.69) is 42.2 Å². The quantitative estimate of drug-likeness (QED) is 0.729. The third-order valence-electron chi connectivity index (χ3n) is 2.57. The predicted molar refractivity (Wildman–Crippen MR) is 83.8 cm³/mol. The Kier molecular flexibility index (Phi) is 4.60. The zero-order valence-corrected chi connectivity index (χ0v) is 13.8. The van der Waals surface area contributed by atoms with Crippen molar-refractivity contribution in [3.05, 3.63) is 55.7 Å². The summed E-state index contributed by atoms with van der Waals surface area (Å²) in [6.07, 6.45) is 1.57. The SMILES string of the molecule is Cc1c(Br)cccc1C(=O)Nc1cc(Br)cnc1Cl. The molecule has 0 atom stereocenters. The largest absolute Gasteiger partial charge is 0.319 e. The Labute approximate surface area is 132 Å². The number of anilines is 1. The van der Waals surface area contributed by atoms with Crippen LogP contribution in [0.4, 0.5) is 5.69 Å². The minimum Gasteiger partial charge on any atom is -0.319 e. The van der Waals surface area contributed by atoms with Crippen LogP contribution in [0.3, 0.4) is 0 Å². The lowest BCUT2D eigenvalue weighted by Gasteiger charge is -2.10. The molecule has 6 heteroatoms. The molecular formula is C13H9Br2ClN2O. The summed E-state index contributed by atoms with van der Waals surface area (Å²) in [4.78, 5) is 16.2. The van der Waals surface area contributed by atoms with E-state index in [1.54, 1.807) is 18.3 Å². The van der Waals surface area contributed by atoms with Crippen LogP contribution in [-0.4, -0.2) is 10.9 Å². The molecule has 1 heterocycles. The van der Waals surface area contributed by atoms with Crippen molar-refractivity contribution in [3.8, 4) is 0 Å². The topological polar surface area (TPSA) is 42.0 Å². The summed E-state index contributed by atoms with van der Waals surface area (Å²) >= 11 is 12.6. The van der Waals surface area contributed by atoms with Gasteiger partial charge < -0.3 is 5.32 Å². The summed E-state index contributed by atoms with van der Waals surface area (Å²) < 4.78 is 1.64. The standard InChI is InChI=1S/C13H9Br2ClN2O/c1-7-9(3-2-4-10(7)15)13(19)18-11-5-8(14)6-17-12(11)16/h2-6H,1H3,(H,18,19). The maximum Gasteiger partial charge on any atom is 0.256 e. The highest BCUT2D eigenvalue weighted by Crippen LogP contribution is 2.25. The molecule has 0 spiro atoms. The second-order valence-electron chi connectivity index (χ2n) is 3.86. The molecule has 3 nitrogen and oxygen atoms in total. The lowest BCUT2D eigenvalue weighted by molar-refractivity contribution is 0.102. The highest BCUT2D eigenvalue weighted by atomic mass is 79.9. The number of hydrogen-bond acceptors (Lipinski definition) is 2. The predicted octanol–water partition coefficient (Wildman–Crippen LogP) is 4.82. The van der Waals surface area contributed by atoms with Crippen LogP contribution in [0.15, 0.2) is 39.4 Å². The first kappa shape index (κ1) is 14.5. The Hall–Kier alpha value is -0.910. The molecule has 0 aliphatic heterocycles. The van der Waals surface area contributed by atoms with Gasteiger partial charge in [-0.3, -0.25) is 4.79 Å². The van der Waals surface area contributed by atoms with Crippen molar-refractivity contribution in [2.75, 3.05) is 5.32 Å². The first-order chi connectivity index (χ1) is 8.99. The smallest absolute Gasteiger partial charge is 0.256 e. The summed E-state index contributed by atoms with van der Waals surface area (Å²) in [6.45, 7) is 1.87. The Balaban J connectivity index is 2.31. The molecule has 0 bridgehead atoms. The molecule has 2 rings (SSSR count). The average Bonchev–Trinajstić information content (AvgIpc) is 2.37. The molecule has 98 valence electrons. The first-order valence-corrected chi connectivity index (χ1v) is 7.33. The van der Waals surface area contributed by atoms with E-state index in [1.165, 1.54) is 0 Å². The Morgan fingerprint density at radius 3 is 2.84 bits per heavy atom. The van der Waals surface area contributed by atoms with Gasteiger partial charge in [-0.15, -0.1) is 0 Å². The molecule has 2 aromatic rings. The van der Waals surface area contributed by atoms with Gasteiger partial charge in [0.1, 0.15) is 0 Å². The summed E-state index contributed by atoms with van der Waals surface area (Å²) in [7, 11) is 0. The third-order valence-corrected chi connectivity index (χ3v) is 4.16. The fourth-order valence-corrected chi connectivity index (χ4v) is 2.40. The van der Waals surface area contributed by atoms with E-state index in [0.717, 1.165) is 14.5 Å². The van der Waals surface area contributed by atoms with E-state index in [-0.39, 0.29) is 11.1 Å². The van der Waals surface area contributed by atoms with E-state index < -0.39 is 0 Å². The lowest BCUT2D eigenvalue weighted by Crippen LogP contribution is -2.14. The molecule has 1 amide bonds. The van der Waals surface area contributed by atoms with Crippen molar-refractivity contribution in [1.29, 1.82) is 0 Å². The molecule has 1 N–H and O–H groups in total. The lowest BCUT2D eigenvalue weighted by atomic mass is 10.1. The number of aromatic nitrogens is 1. The second kappa shape index (κ2) is 6.03. The average molecular weight is 404 g/mol. The van der Waals surface area contributed by atoms with E-state index in [0.29, 0.717) is 11.3 Å². The Morgan fingerprint density at radius 1 is 1.37 bits per heavy atom. The van der Waals surface area contributed by atoms with Crippen LogP contribution in [0.2, 0.25) is 5.15 Å². The number of carbonyl (C=O) groups excluding carboxylic acids is 1. The minimum atomic E-state index is -0.222. The van der Waals surface area contributed by atoms with E-state index in [4.69, 9.17) is 11.6 Å². The van der Waals surface area contributed by atoms with Crippen molar-refractivity contribution in [3.63, 3.8) is 0 Å². The van der Waals surface area contributed by atoms with Crippen molar-refractivity contribution in [2.24, 2.45) is 0 Å². The summed E-state index contributed by atoms with van der Waals surface area (Å²) in [5.74, 6) is -0.222. The van der Waals surface area contributed by atoms with Crippen LogP contribution in [0.1, 0.15) is 15.9 Å². The van der Waals surface area contributed by atoms with E-state index in [1.807, 2.05) is 19.1 Å². The monoisotopic (exact) mass is 402 g/mol. The van der Waals surface area contributed by atoms with E-state index in [9.17, 15) is 4.79 Å². The maximum absolute atomic E-state index is 12.2. The molecule has 0 saturated heterocycles. The van der Waals surface area contributed by atoms with Crippen LogP contribution in [-0.2, 0) is 0 Å². The van der Waals surface area contributed by atoms with Crippen LogP contribution in [0.5, 0.6) is 0 Å². The maximum atomic E-state index is 12.2. The van der Waals surface area contributed by atoms with Crippen LogP contribution < -0.4 is 5.32 Å². The summed E-state index contributed by atoms with van der Waals surface area (Å²) in [6, 6.07) is 7.17. The van der Waals surface area contributed by atoms with Crippen molar-refractivity contribution < 1.29 is 4.79 Å². The van der Waals surface area contributed by atoms with E-state index >= 15 is 0 Å². The van der Waals surface area contributed by atoms with Gasteiger partial charge >= 0.3 is 0 Å². The number of halogens is 3. The fraction of sp³-hybridized carbons (Fsp3) is 0.0769. The van der Waals surface area contributed by atoms with Gasteiger partial charge in [0, 0.05) is 20.7 Å². The van der Waals surface area contributed by atoms with Gasteiger partial charge in [-0.2, -0.15) is 0 Å². The number of nitrogens with one attached hydrogen (secondary N) is 1. The summed E-state index contributed by atoms with van der Waals surface area (Å²) in [5, 5.41) is 3.01. The van der Waals surface area contributed by atoms with Gasteiger partial charge in [0.2, 0.25) is 0 Å². The molecule has 19 heavy (non-hydrogen) atoms. The molecule has 0 aliphatic carbocycles. The fourth-order valence-electron chi connectivity index (χ4n) is 1.55. The zero-order chi connectivity index (χ0) is 14.0. The number of carbonyl (C=O) groups is 1. The highest BCUT2D eigenvalue weighted by molar-refractivity contribution is 9.10. The Bertz CT molecular complexity index is 647. The van der Waals surface area contributed by atoms with Gasteiger partial charge in [0.05, 0.1) is 5.69 Å². The van der Waals surface area contributed by atoms with Gasteiger partial charge in [-0.05, 0) is 46.6 Å². The zero-order valence-electron chi connectivity index (χ0n) is 9.88. The molecule has 0 unspecified atom stereocenters. The number of hydrogen-bond donors (Lipinski definition) is 1. The molecule has 0 aliphatic rings. The van der Waals surface area contributed by atoms with Gasteiger partial charge in [-0.1, -0.05) is 33.6 Å². The van der Waals surface area contributed by atoms with Crippen molar-refractivity contribution in [2.45, 2.75) is 6.92 Å². The number of pyridine rings is 1. The van der Waals surface area contributed by atoms with Crippen molar-refractivity contribution >= 4 is 55.1 Å². The number of amides is 1. The van der Waals surface area contributed by atoms with Gasteiger partial charge in [-0.25, -0.2) is 4.98 Å². The van der Waals surface area contributed by atoms with Crippen LogP contribution in [0.25, 0.3) is 0 Å². The van der Waals surface area contributed by atoms with Crippen LogP contribution >= 0.6 is 43.5 Å². The third kappa shape index (κ3) is 3.35. The van der Waals surface area contributed by atoms with Crippen molar-refractivity contribution in [1.82, 2.24) is 4.98 Å². The number of nitrogens with zero attached hydrogens (tertiary/aromatic N) is 1. The highest BCUT2D eigenvalue weighted by Gasteiger charge is 2.13. The Morgan fingerprint density at radius 2 is 2.11 bits per heavy atom. The summed E-state index contributed by atoms with van der Waals surface area (Å²) in [5.41, 5.74) is 1.94.